The number of aryl methyl sites for hydroxylation is 5. The monoisotopic (exact) mass is 701 g/mol. The molecule has 4 aromatic carbocycles. The molecule has 7 aromatic rings. The van der Waals surface area contributed by atoms with E-state index < -0.39 is 0 Å². The third-order valence-corrected chi connectivity index (χ3v) is 13.7. The smallest absolute Gasteiger partial charge is 0.290 e. The van der Waals surface area contributed by atoms with Crippen molar-refractivity contribution in [2.75, 3.05) is 0 Å². The van der Waals surface area contributed by atoms with Gasteiger partial charge in [0.15, 0.2) is 22.8 Å². The number of pyridine rings is 1. The van der Waals surface area contributed by atoms with Gasteiger partial charge in [-0.25, -0.2) is 9.13 Å². The molecule has 0 bridgehead atoms. The molecule has 3 atom stereocenters. The first-order chi connectivity index (χ1) is 25.7. The van der Waals surface area contributed by atoms with Gasteiger partial charge in [0, 0.05) is 34.7 Å². The molecule has 2 aliphatic rings. The normalized spacial score (nSPS) is 20.4. The molecular weight excluding hydrogens is 647 g/mol. The summed E-state index contributed by atoms with van der Waals surface area (Å²) in [6.07, 6.45) is 10.3. The Morgan fingerprint density at radius 1 is 0.830 bits per heavy atom. The van der Waals surface area contributed by atoms with Crippen molar-refractivity contribution in [1.29, 1.82) is 0 Å². The van der Waals surface area contributed by atoms with Crippen LogP contribution in [0.1, 0.15) is 101 Å². The summed E-state index contributed by atoms with van der Waals surface area (Å²) in [4.78, 5) is 0. The summed E-state index contributed by atoms with van der Waals surface area (Å²) in [5, 5.41) is 2.47. The van der Waals surface area contributed by atoms with Crippen molar-refractivity contribution in [3.8, 4) is 22.6 Å². The molecule has 0 N–H and O–H groups in total. The standard InChI is InChI=1S/C49H55N3O/c1-9-12-17-34-22-24-37-38-25-26-39-45(46(38)53-43(37)29-34)42-28-32(6)33(7)30-51(42)49(11-3)44(48(39,49)10-2)27-23-35-18-13-14-19-36(35)47-50(8)40-20-15-16-21-41(40)52(47)31(4)5/h13-16,18-22,24-26,28-31,44H,9-12,17,23,27H2,1-8H3/q+2. The number of para-hydroxylation sites is 2. The van der Waals surface area contributed by atoms with Gasteiger partial charge in [0.2, 0.25) is 5.69 Å². The van der Waals surface area contributed by atoms with E-state index in [0.717, 1.165) is 43.3 Å². The summed E-state index contributed by atoms with van der Waals surface area (Å²) in [6, 6.07) is 32.7. The van der Waals surface area contributed by atoms with E-state index in [4.69, 9.17) is 4.42 Å². The third-order valence-electron chi connectivity index (χ3n) is 13.7. The van der Waals surface area contributed by atoms with E-state index >= 15 is 0 Å². The molecule has 1 aliphatic carbocycles. The van der Waals surface area contributed by atoms with Crippen LogP contribution < -0.4 is 9.13 Å². The number of benzene rings is 4. The predicted octanol–water partition coefficient (Wildman–Crippen LogP) is 11.6. The van der Waals surface area contributed by atoms with Crippen LogP contribution in [-0.2, 0) is 30.8 Å². The molecule has 4 nitrogen and oxygen atoms in total. The second-order valence-electron chi connectivity index (χ2n) is 16.5. The number of aromatic nitrogens is 3. The summed E-state index contributed by atoms with van der Waals surface area (Å²) in [5.74, 6) is 1.79. The number of hydrogen-bond donors (Lipinski definition) is 0. The first-order valence-electron chi connectivity index (χ1n) is 20.3. The fraction of sp³-hybridized carbons (Fsp3) is 0.388. The maximum Gasteiger partial charge on any atom is 0.290 e. The Balaban J connectivity index is 1.19. The average molecular weight is 702 g/mol. The molecule has 53 heavy (non-hydrogen) atoms. The van der Waals surface area contributed by atoms with Gasteiger partial charge in [-0.15, -0.1) is 0 Å². The quantitative estimate of drug-likeness (QED) is 0.130. The second kappa shape index (κ2) is 12.4. The largest absolute Gasteiger partial charge is 0.455 e. The Morgan fingerprint density at radius 3 is 2.38 bits per heavy atom. The highest BCUT2D eigenvalue weighted by Crippen LogP contribution is 2.73. The van der Waals surface area contributed by atoms with Gasteiger partial charge in [-0.3, -0.25) is 0 Å². The lowest BCUT2D eigenvalue weighted by Gasteiger charge is -2.29. The second-order valence-corrected chi connectivity index (χ2v) is 16.5. The van der Waals surface area contributed by atoms with Crippen molar-refractivity contribution in [2.24, 2.45) is 13.0 Å². The van der Waals surface area contributed by atoms with Gasteiger partial charge >= 0.3 is 0 Å². The summed E-state index contributed by atoms with van der Waals surface area (Å²) in [5.41, 5.74) is 15.7. The van der Waals surface area contributed by atoms with Crippen molar-refractivity contribution in [1.82, 2.24) is 4.57 Å². The SMILES string of the molecule is CCCCc1ccc2c(c1)oc1c3c(ccc12)C1(CC)C(CCc2ccccc2-c2n(C(C)C)c4ccccc4[n+]2C)C1(CC)[n+]1cc(C)c(C)cc1-3. The van der Waals surface area contributed by atoms with E-state index in [9.17, 15) is 0 Å². The minimum atomic E-state index is 0.0159. The van der Waals surface area contributed by atoms with Crippen LogP contribution >= 0.6 is 0 Å². The Bertz CT molecular complexity index is 2570. The van der Waals surface area contributed by atoms with Crippen LogP contribution in [0.3, 0.4) is 0 Å². The van der Waals surface area contributed by atoms with E-state index in [1.165, 1.54) is 85.1 Å². The molecule has 1 fully saturated rings. The summed E-state index contributed by atoms with van der Waals surface area (Å²) in [6.45, 7) is 16.3. The maximum absolute atomic E-state index is 7.00. The number of fused-ring (bicyclic) bond motifs is 11. The summed E-state index contributed by atoms with van der Waals surface area (Å²) < 4.78 is 14.7. The van der Waals surface area contributed by atoms with Crippen molar-refractivity contribution < 1.29 is 13.6 Å². The Kier molecular flexibility index (Phi) is 8.00. The zero-order valence-corrected chi connectivity index (χ0v) is 33.0. The number of furan rings is 1. The maximum atomic E-state index is 7.00. The first kappa shape index (κ1) is 34.1. The van der Waals surface area contributed by atoms with Crippen LogP contribution in [0.4, 0.5) is 0 Å². The summed E-state index contributed by atoms with van der Waals surface area (Å²) in [7, 11) is 2.24. The van der Waals surface area contributed by atoms with Crippen LogP contribution in [0.25, 0.3) is 55.6 Å². The first-order valence-corrected chi connectivity index (χ1v) is 20.3. The van der Waals surface area contributed by atoms with E-state index in [1.807, 2.05) is 0 Å². The van der Waals surface area contributed by atoms with Gasteiger partial charge in [0.1, 0.15) is 11.2 Å². The number of unbranched alkanes of at least 4 members (excludes halogenated alkanes) is 1. The van der Waals surface area contributed by atoms with Gasteiger partial charge in [0.05, 0.1) is 29.6 Å². The molecule has 3 unspecified atom stereocenters. The van der Waals surface area contributed by atoms with Gasteiger partial charge in [-0.2, -0.15) is 4.57 Å². The minimum absolute atomic E-state index is 0.0159. The minimum Gasteiger partial charge on any atom is -0.455 e. The topological polar surface area (TPSA) is 25.8 Å². The zero-order chi connectivity index (χ0) is 36.8. The van der Waals surface area contributed by atoms with Crippen molar-refractivity contribution in [3.63, 3.8) is 0 Å². The van der Waals surface area contributed by atoms with Gasteiger partial charge in [-0.1, -0.05) is 81.8 Å². The lowest BCUT2D eigenvalue weighted by atomic mass is 9.78. The van der Waals surface area contributed by atoms with Crippen LogP contribution in [0.5, 0.6) is 0 Å². The molecule has 9 rings (SSSR count). The van der Waals surface area contributed by atoms with Crippen LogP contribution in [0, 0.1) is 19.8 Å². The fourth-order valence-electron chi connectivity index (χ4n) is 11.2. The Morgan fingerprint density at radius 2 is 1.60 bits per heavy atom. The van der Waals surface area contributed by atoms with Crippen LogP contribution in [0.15, 0.2) is 95.5 Å². The molecule has 4 heteroatoms. The Labute approximate surface area is 315 Å². The lowest BCUT2D eigenvalue weighted by molar-refractivity contribution is -0.739. The number of imidazole rings is 1. The molecule has 3 aromatic heterocycles. The van der Waals surface area contributed by atoms with Gasteiger partial charge in [0.25, 0.3) is 5.82 Å². The molecule has 1 saturated carbocycles. The lowest BCUT2D eigenvalue weighted by Crippen LogP contribution is -2.55. The molecule has 270 valence electrons. The number of nitrogens with zero attached hydrogens (tertiary/aromatic N) is 3. The summed E-state index contributed by atoms with van der Waals surface area (Å²) >= 11 is 0. The molecule has 1 aliphatic heterocycles. The molecule has 0 amide bonds. The van der Waals surface area contributed by atoms with E-state index in [1.54, 1.807) is 0 Å². The predicted molar refractivity (Wildman–Crippen MR) is 218 cm³/mol. The Hall–Kier alpha value is -4.70. The highest BCUT2D eigenvalue weighted by molar-refractivity contribution is 6.10. The van der Waals surface area contributed by atoms with Crippen molar-refractivity contribution in [3.05, 3.63) is 119 Å². The highest BCUT2D eigenvalue weighted by atomic mass is 16.3. The fourth-order valence-corrected chi connectivity index (χ4v) is 11.2. The number of rotatable bonds is 10. The van der Waals surface area contributed by atoms with Gasteiger partial charge < -0.3 is 4.42 Å². The highest BCUT2D eigenvalue weighted by Gasteiger charge is 2.84. The van der Waals surface area contributed by atoms with E-state index in [0.29, 0.717) is 12.0 Å². The molecule has 4 heterocycles. The number of hydrogen-bond acceptors (Lipinski definition) is 1. The van der Waals surface area contributed by atoms with Gasteiger partial charge in [-0.05, 0) is 106 Å². The van der Waals surface area contributed by atoms with Crippen molar-refractivity contribution >= 4 is 33.0 Å². The molecule has 0 spiro atoms. The molecule has 0 saturated heterocycles. The average Bonchev–Trinajstić information content (AvgIpc) is 3.40. The molecule has 0 radical (unpaired) electrons. The molecular formula is C49H55N3O+2. The van der Waals surface area contributed by atoms with Crippen molar-refractivity contribution in [2.45, 2.75) is 110 Å². The third kappa shape index (κ3) is 4.60. The van der Waals surface area contributed by atoms with Crippen LogP contribution in [-0.4, -0.2) is 4.57 Å². The van der Waals surface area contributed by atoms with E-state index in [2.05, 4.69) is 160 Å². The van der Waals surface area contributed by atoms with E-state index in [-0.39, 0.29) is 11.0 Å². The van der Waals surface area contributed by atoms with Crippen LogP contribution in [0.2, 0.25) is 0 Å². The zero-order valence-electron chi connectivity index (χ0n) is 33.0.